The minimum Gasteiger partial charge on any atom is -0.0909 e. The molecule has 0 heterocycles. The summed E-state index contributed by atoms with van der Waals surface area (Å²) in [7, 11) is 0. The Balaban J connectivity index is 3.01. The summed E-state index contributed by atoms with van der Waals surface area (Å²) in [4.78, 5) is 0. The van der Waals surface area contributed by atoms with Crippen LogP contribution in [0.5, 0.6) is 0 Å². The van der Waals surface area contributed by atoms with E-state index in [2.05, 4.69) is 72.3 Å². The molecule has 0 aromatic rings. The fourth-order valence-electron chi connectivity index (χ4n) is 1.11. The van der Waals surface area contributed by atoms with Crippen molar-refractivity contribution >= 4 is 66.0 Å². The average molecular weight is 522 g/mol. The molecule has 0 rings (SSSR count). The molecule has 12 heavy (non-hydrogen) atoms. The third kappa shape index (κ3) is 12.4. The van der Waals surface area contributed by atoms with E-state index >= 15 is 0 Å². The Bertz CT molecular complexity index is 101. The molecule has 74 valence electrons. The van der Waals surface area contributed by atoms with E-state index in [-0.39, 0.29) is 0 Å². The molecule has 0 saturated carbocycles. The highest BCUT2D eigenvalue weighted by Gasteiger charge is 2.19. The van der Waals surface area contributed by atoms with E-state index in [9.17, 15) is 0 Å². The van der Waals surface area contributed by atoms with Gasteiger partial charge in [-0.3, -0.25) is 0 Å². The van der Waals surface area contributed by atoms with Crippen LogP contribution >= 0.6 is 65.4 Å². The molecular formula is C8H17I3Si. The van der Waals surface area contributed by atoms with Gasteiger partial charge in [0, 0.05) is 0 Å². The molecule has 0 bridgehead atoms. The number of rotatable bonds is 7. The second-order valence-corrected chi connectivity index (χ2v) is 40.0. The van der Waals surface area contributed by atoms with E-state index < -0.39 is 0.564 Å². The van der Waals surface area contributed by atoms with Gasteiger partial charge in [-0.1, -0.05) is 111 Å². The molecule has 0 aliphatic heterocycles. The minimum atomic E-state index is -0.816. The van der Waals surface area contributed by atoms with Gasteiger partial charge in [0.05, 0.1) is 0 Å². The van der Waals surface area contributed by atoms with Crippen LogP contribution in [-0.2, 0) is 0 Å². The highest BCUT2D eigenvalue weighted by atomic mass is 127. The average Bonchev–Trinajstić information content (AvgIpc) is 1.94. The van der Waals surface area contributed by atoms with E-state index in [1.807, 2.05) is 0 Å². The molecule has 0 spiro atoms. The molecule has 0 aromatic heterocycles. The Labute approximate surface area is 116 Å². The normalized spacial score (nSPS) is 12.0. The van der Waals surface area contributed by atoms with Crippen molar-refractivity contribution in [2.24, 2.45) is 0 Å². The molecule has 0 amide bonds. The standard InChI is InChI=1S/C8H17I3Si/c1-2-3-4-5-6-7-8-12(9,10)11/h2-8H2,1H3. The molecule has 0 fully saturated rings. The van der Waals surface area contributed by atoms with Crippen molar-refractivity contribution in [3.63, 3.8) is 0 Å². The van der Waals surface area contributed by atoms with Gasteiger partial charge in [0.2, 0.25) is 0 Å². The van der Waals surface area contributed by atoms with Crippen molar-refractivity contribution in [3.8, 4) is 0 Å². The molecule has 4 heteroatoms. The lowest BCUT2D eigenvalue weighted by atomic mass is 10.1. The first-order valence-electron chi connectivity index (χ1n) is 4.63. The summed E-state index contributed by atoms with van der Waals surface area (Å²) >= 11 is 7.97. The van der Waals surface area contributed by atoms with Crippen molar-refractivity contribution in [3.05, 3.63) is 0 Å². The van der Waals surface area contributed by atoms with Crippen LogP contribution in [0.3, 0.4) is 0 Å². The first-order chi connectivity index (χ1) is 5.56. The van der Waals surface area contributed by atoms with E-state index in [0.717, 1.165) is 0 Å². The Morgan fingerprint density at radius 1 is 0.833 bits per heavy atom. The van der Waals surface area contributed by atoms with Crippen molar-refractivity contribution in [2.45, 2.75) is 51.5 Å². The molecule has 0 unspecified atom stereocenters. The first-order valence-corrected chi connectivity index (χ1v) is 16.2. The smallest absolute Gasteiger partial charge is 0.0909 e. The Morgan fingerprint density at radius 3 is 1.83 bits per heavy atom. The van der Waals surface area contributed by atoms with E-state index in [1.165, 1.54) is 44.6 Å². The minimum absolute atomic E-state index is 0.816. The maximum atomic E-state index is 2.66. The Hall–Kier alpha value is 2.41. The second kappa shape index (κ2) is 8.69. The lowest BCUT2D eigenvalue weighted by molar-refractivity contribution is 0.624. The lowest BCUT2D eigenvalue weighted by Gasteiger charge is -2.08. The molecule has 0 radical (unpaired) electrons. The zero-order chi connectivity index (χ0) is 9.45. The van der Waals surface area contributed by atoms with Crippen molar-refractivity contribution in [2.75, 3.05) is 0 Å². The summed E-state index contributed by atoms with van der Waals surface area (Å²) in [5, 5.41) is 0. The van der Waals surface area contributed by atoms with Gasteiger partial charge >= 0.3 is 0 Å². The van der Waals surface area contributed by atoms with Crippen LogP contribution in [0.15, 0.2) is 0 Å². The lowest BCUT2D eigenvalue weighted by Crippen LogP contribution is -2.03. The number of hydrogen-bond donors (Lipinski definition) is 0. The first kappa shape index (κ1) is 14.4. The molecule has 0 aromatic carbocycles. The maximum Gasteiger partial charge on any atom is 0.253 e. The van der Waals surface area contributed by atoms with Gasteiger partial charge in [0.15, 0.2) is 0 Å². The molecule has 0 N–H and O–H groups in total. The highest BCUT2D eigenvalue weighted by molar-refractivity contribution is 14.4. The van der Waals surface area contributed by atoms with Crippen LogP contribution in [0.2, 0.25) is 6.04 Å². The Kier molecular flexibility index (Phi) is 10.4. The van der Waals surface area contributed by atoms with Gasteiger partial charge in [-0.25, -0.2) is 0 Å². The van der Waals surface area contributed by atoms with E-state index in [0.29, 0.717) is 0 Å². The molecule has 0 nitrogen and oxygen atoms in total. The maximum absolute atomic E-state index is 2.66. The van der Waals surface area contributed by atoms with Crippen LogP contribution in [0.4, 0.5) is 0 Å². The summed E-state index contributed by atoms with van der Waals surface area (Å²) in [6, 6.07) is 1.49. The van der Waals surface area contributed by atoms with Crippen LogP contribution in [0.25, 0.3) is 0 Å². The summed E-state index contributed by atoms with van der Waals surface area (Å²) in [6.45, 7) is 2.28. The van der Waals surface area contributed by atoms with Gasteiger partial charge < -0.3 is 0 Å². The second-order valence-electron chi connectivity index (χ2n) is 3.13. The highest BCUT2D eigenvalue weighted by Crippen LogP contribution is 2.35. The van der Waals surface area contributed by atoms with Gasteiger partial charge in [0.1, 0.15) is 0 Å². The molecule has 0 aliphatic rings. The number of hydrogen-bond acceptors (Lipinski definition) is 0. The van der Waals surface area contributed by atoms with Gasteiger partial charge in [-0.2, -0.15) is 0 Å². The van der Waals surface area contributed by atoms with Crippen molar-refractivity contribution in [1.82, 2.24) is 0 Å². The summed E-state index contributed by atoms with van der Waals surface area (Å²) in [6.07, 6.45) is 8.64. The quantitative estimate of drug-likeness (QED) is 0.177. The van der Waals surface area contributed by atoms with Gasteiger partial charge in [-0.15, -0.1) is 0 Å². The third-order valence-corrected chi connectivity index (χ3v) is 7.59. The predicted molar refractivity (Wildman–Crippen MR) is 86.0 cm³/mol. The largest absolute Gasteiger partial charge is 0.253 e. The molecule has 0 saturated heterocycles. The van der Waals surface area contributed by atoms with E-state index in [1.54, 1.807) is 0 Å². The zero-order valence-electron chi connectivity index (χ0n) is 7.58. The van der Waals surface area contributed by atoms with Crippen molar-refractivity contribution < 1.29 is 0 Å². The fraction of sp³-hybridized carbons (Fsp3) is 1.00. The Morgan fingerprint density at radius 2 is 1.33 bits per heavy atom. The SMILES string of the molecule is CCCCCCCC[Si](I)(I)I. The predicted octanol–water partition coefficient (Wildman–Crippen LogP) is 5.59. The monoisotopic (exact) mass is 522 g/mol. The van der Waals surface area contributed by atoms with Crippen LogP contribution in [0.1, 0.15) is 45.4 Å². The number of unbranched alkanes of at least 4 members (excludes halogenated alkanes) is 5. The van der Waals surface area contributed by atoms with E-state index in [4.69, 9.17) is 0 Å². The topological polar surface area (TPSA) is 0 Å². The molecule has 0 aliphatic carbocycles. The number of halogens is 3. The van der Waals surface area contributed by atoms with Gasteiger partial charge in [-0.05, 0) is 6.04 Å². The van der Waals surface area contributed by atoms with Gasteiger partial charge in [0.25, 0.3) is 0.564 Å². The van der Waals surface area contributed by atoms with Crippen LogP contribution < -0.4 is 0 Å². The third-order valence-electron chi connectivity index (χ3n) is 1.81. The van der Waals surface area contributed by atoms with Crippen molar-refractivity contribution in [1.29, 1.82) is 0 Å². The summed E-state index contributed by atoms with van der Waals surface area (Å²) in [5.41, 5.74) is 0. The molecule has 0 atom stereocenters. The summed E-state index contributed by atoms with van der Waals surface area (Å²) in [5.74, 6) is 0. The zero-order valence-corrected chi connectivity index (χ0v) is 15.1. The van der Waals surface area contributed by atoms with Crippen LogP contribution in [0, 0.1) is 0 Å². The summed E-state index contributed by atoms with van der Waals surface area (Å²) < 4.78 is -0.816. The fourth-order valence-corrected chi connectivity index (χ4v) is 5.19. The van der Waals surface area contributed by atoms with Crippen LogP contribution in [-0.4, -0.2) is 0.564 Å². The molecular weight excluding hydrogens is 505 g/mol.